The Labute approximate surface area is 166 Å². The molecule has 4 heterocycles. The molecule has 0 bridgehead atoms. The first-order chi connectivity index (χ1) is 13.8. The van der Waals surface area contributed by atoms with Crippen LogP contribution in [0.2, 0.25) is 0 Å². The van der Waals surface area contributed by atoms with E-state index in [1.54, 1.807) is 0 Å². The van der Waals surface area contributed by atoms with Gasteiger partial charge in [0.15, 0.2) is 0 Å². The van der Waals surface area contributed by atoms with Crippen LogP contribution in [0.3, 0.4) is 0 Å². The molecular weight excluding hydrogens is 348 g/mol. The number of hydrogen-bond acceptors (Lipinski definition) is 5. The number of aryl methyl sites for hydroxylation is 1. The second kappa shape index (κ2) is 7.43. The Morgan fingerprint density at radius 2 is 1.64 bits per heavy atom. The summed E-state index contributed by atoms with van der Waals surface area (Å²) in [4.78, 5) is 20.6. The van der Waals surface area contributed by atoms with E-state index in [0.717, 1.165) is 74.3 Å². The van der Waals surface area contributed by atoms with Crippen LogP contribution >= 0.6 is 0 Å². The maximum atomic E-state index is 5.03. The average Bonchev–Trinajstić information content (AvgIpc) is 3.37. The van der Waals surface area contributed by atoms with E-state index in [1.165, 1.54) is 18.4 Å². The van der Waals surface area contributed by atoms with Gasteiger partial charge in [-0.25, -0.2) is 0 Å². The van der Waals surface area contributed by atoms with Gasteiger partial charge in [0.2, 0.25) is 5.95 Å². The van der Waals surface area contributed by atoms with E-state index >= 15 is 0 Å². The molecule has 2 aromatic heterocycles. The molecule has 0 aliphatic carbocycles. The van der Waals surface area contributed by atoms with E-state index in [9.17, 15) is 0 Å². The summed E-state index contributed by atoms with van der Waals surface area (Å²) in [6, 6.07) is 12.9. The van der Waals surface area contributed by atoms with Crippen molar-refractivity contribution in [1.82, 2.24) is 19.9 Å². The van der Waals surface area contributed by atoms with Gasteiger partial charge < -0.3 is 14.8 Å². The zero-order chi connectivity index (χ0) is 18.9. The molecule has 0 radical (unpaired) electrons. The number of hydrogen-bond donors (Lipinski definition) is 1. The van der Waals surface area contributed by atoms with Gasteiger partial charge in [-0.2, -0.15) is 9.97 Å². The van der Waals surface area contributed by atoms with Gasteiger partial charge in [0.05, 0.1) is 5.39 Å². The highest BCUT2D eigenvalue weighted by Gasteiger charge is 2.24. The zero-order valence-corrected chi connectivity index (χ0v) is 16.6. The minimum atomic E-state index is 0.883. The quantitative estimate of drug-likeness (QED) is 0.758. The van der Waals surface area contributed by atoms with Gasteiger partial charge in [-0.15, -0.1) is 0 Å². The second-order valence-corrected chi connectivity index (χ2v) is 8.00. The van der Waals surface area contributed by atoms with Crippen LogP contribution in [0.25, 0.3) is 11.0 Å². The molecule has 2 aliphatic rings. The smallest absolute Gasteiger partial charge is 0.229 e. The van der Waals surface area contributed by atoms with Crippen molar-refractivity contribution in [3.05, 3.63) is 47.7 Å². The minimum absolute atomic E-state index is 0.883. The van der Waals surface area contributed by atoms with E-state index in [2.05, 4.69) is 63.0 Å². The Hall–Kier alpha value is -2.60. The standard InChI is InChI=1S/C22H28N6/c1-17-15-19-20(23-17)24-22(28-9-5-6-10-28)25-21(19)27-13-11-26(12-14-27)16-18-7-3-2-4-8-18/h2-4,7-8,15H,5-6,9-14,16H2,1H3,(H,23,24,25). The minimum Gasteiger partial charge on any atom is -0.353 e. The molecule has 2 aliphatic heterocycles. The summed E-state index contributed by atoms with van der Waals surface area (Å²) in [6.45, 7) is 9.37. The molecule has 1 aromatic carbocycles. The highest BCUT2D eigenvalue weighted by molar-refractivity contribution is 5.89. The molecule has 0 atom stereocenters. The maximum absolute atomic E-state index is 5.03. The number of piperazine rings is 1. The van der Waals surface area contributed by atoms with Crippen molar-refractivity contribution in [3.8, 4) is 0 Å². The van der Waals surface area contributed by atoms with E-state index in [1.807, 2.05) is 0 Å². The summed E-state index contributed by atoms with van der Waals surface area (Å²) in [5, 5.41) is 1.15. The molecule has 0 saturated carbocycles. The summed E-state index contributed by atoms with van der Waals surface area (Å²) in [5.41, 5.74) is 3.50. The highest BCUT2D eigenvalue weighted by Crippen LogP contribution is 2.29. The van der Waals surface area contributed by atoms with Crippen LogP contribution in [-0.2, 0) is 6.54 Å². The molecule has 2 saturated heterocycles. The number of benzene rings is 1. The summed E-state index contributed by atoms with van der Waals surface area (Å²) >= 11 is 0. The van der Waals surface area contributed by atoms with Crippen molar-refractivity contribution in [3.63, 3.8) is 0 Å². The maximum Gasteiger partial charge on any atom is 0.229 e. The molecule has 3 aromatic rings. The number of anilines is 2. The van der Waals surface area contributed by atoms with E-state index < -0.39 is 0 Å². The predicted molar refractivity (Wildman–Crippen MR) is 114 cm³/mol. The van der Waals surface area contributed by atoms with Crippen LogP contribution in [0.1, 0.15) is 24.1 Å². The lowest BCUT2D eigenvalue weighted by Crippen LogP contribution is -2.46. The SMILES string of the molecule is Cc1cc2c(N3CCN(Cc4ccccc4)CC3)nc(N3CCCC3)nc2[nH]1. The topological polar surface area (TPSA) is 51.3 Å². The molecule has 1 N–H and O–H groups in total. The first-order valence-electron chi connectivity index (χ1n) is 10.4. The van der Waals surface area contributed by atoms with Crippen molar-refractivity contribution < 1.29 is 0 Å². The second-order valence-electron chi connectivity index (χ2n) is 8.00. The normalized spacial score (nSPS) is 18.3. The fourth-order valence-electron chi connectivity index (χ4n) is 4.37. The van der Waals surface area contributed by atoms with Gasteiger partial charge in [0.1, 0.15) is 11.5 Å². The van der Waals surface area contributed by atoms with Crippen LogP contribution in [0.15, 0.2) is 36.4 Å². The summed E-state index contributed by atoms with van der Waals surface area (Å²) < 4.78 is 0. The van der Waals surface area contributed by atoms with Crippen LogP contribution in [0.4, 0.5) is 11.8 Å². The van der Waals surface area contributed by atoms with Crippen LogP contribution in [-0.4, -0.2) is 59.1 Å². The van der Waals surface area contributed by atoms with Crippen LogP contribution < -0.4 is 9.80 Å². The van der Waals surface area contributed by atoms with Gasteiger partial charge in [-0.1, -0.05) is 30.3 Å². The summed E-state index contributed by atoms with van der Waals surface area (Å²) in [7, 11) is 0. The van der Waals surface area contributed by atoms with Crippen molar-refractivity contribution in [2.75, 3.05) is 49.1 Å². The van der Waals surface area contributed by atoms with E-state index in [4.69, 9.17) is 9.97 Å². The number of nitrogens with zero attached hydrogens (tertiary/aromatic N) is 5. The first kappa shape index (κ1) is 17.5. The fourth-order valence-corrected chi connectivity index (χ4v) is 4.37. The lowest BCUT2D eigenvalue weighted by Gasteiger charge is -2.36. The van der Waals surface area contributed by atoms with Crippen LogP contribution in [0, 0.1) is 6.92 Å². The van der Waals surface area contributed by atoms with E-state index in [-0.39, 0.29) is 0 Å². The van der Waals surface area contributed by atoms with E-state index in [0.29, 0.717) is 0 Å². The van der Waals surface area contributed by atoms with Crippen molar-refractivity contribution >= 4 is 22.8 Å². The number of aromatic amines is 1. The Bertz CT molecular complexity index is 936. The molecule has 6 heteroatoms. The molecule has 28 heavy (non-hydrogen) atoms. The molecule has 146 valence electrons. The summed E-state index contributed by atoms with van der Waals surface area (Å²) in [5.74, 6) is 1.98. The third kappa shape index (κ3) is 3.44. The zero-order valence-electron chi connectivity index (χ0n) is 16.6. The van der Waals surface area contributed by atoms with Gasteiger partial charge in [-0.3, -0.25) is 4.90 Å². The van der Waals surface area contributed by atoms with Gasteiger partial charge >= 0.3 is 0 Å². The van der Waals surface area contributed by atoms with Crippen molar-refractivity contribution in [1.29, 1.82) is 0 Å². The average molecular weight is 377 g/mol. The molecule has 0 spiro atoms. The Morgan fingerprint density at radius 3 is 2.39 bits per heavy atom. The number of aromatic nitrogens is 3. The van der Waals surface area contributed by atoms with Crippen molar-refractivity contribution in [2.24, 2.45) is 0 Å². The van der Waals surface area contributed by atoms with Crippen molar-refractivity contribution in [2.45, 2.75) is 26.3 Å². The molecule has 2 fully saturated rings. The molecule has 0 amide bonds. The molecular formula is C22H28N6. The number of rotatable bonds is 4. The monoisotopic (exact) mass is 376 g/mol. The molecule has 0 unspecified atom stereocenters. The van der Waals surface area contributed by atoms with Crippen LogP contribution in [0.5, 0.6) is 0 Å². The number of H-pyrrole nitrogens is 1. The first-order valence-corrected chi connectivity index (χ1v) is 10.4. The number of fused-ring (bicyclic) bond motifs is 1. The Balaban J connectivity index is 1.37. The molecule has 6 nitrogen and oxygen atoms in total. The van der Waals surface area contributed by atoms with Gasteiger partial charge in [0.25, 0.3) is 0 Å². The van der Waals surface area contributed by atoms with Gasteiger partial charge in [-0.05, 0) is 31.4 Å². The predicted octanol–water partition coefficient (Wildman–Crippen LogP) is 3.19. The fraction of sp³-hybridized carbons (Fsp3) is 0.455. The lowest BCUT2D eigenvalue weighted by atomic mass is 10.2. The number of nitrogens with one attached hydrogen (secondary N) is 1. The lowest BCUT2D eigenvalue weighted by molar-refractivity contribution is 0.249. The highest BCUT2D eigenvalue weighted by atomic mass is 15.3. The Kier molecular flexibility index (Phi) is 4.64. The largest absolute Gasteiger partial charge is 0.353 e. The Morgan fingerprint density at radius 1 is 0.893 bits per heavy atom. The summed E-state index contributed by atoms with van der Waals surface area (Å²) in [6.07, 6.45) is 2.47. The third-order valence-electron chi connectivity index (χ3n) is 5.90. The molecule has 5 rings (SSSR count). The third-order valence-corrected chi connectivity index (χ3v) is 5.90. The van der Waals surface area contributed by atoms with Gasteiger partial charge in [0, 0.05) is 51.5 Å².